The van der Waals surface area contributed by atoms with Crippen molar-refractivity contribution in [3.63, 3.8) is 0 Å². The Morgan fingerprint density at radius 2 is 2.09 bits per heavy atom. The summed E-state index contributed by atoms with van der Waals surface area (Å²) in [5.74, 6) is -1.29. The molecule has 1 aromatic heterocycles. The number of carboxylic acids is 1. The maximum absolute atomic E-state index is 12.1. The molecule has 1 amide bonds. The minimum atomic E-state index is -1.13. The van der Waals surface area contributed by atoms with Gasteiger partial charge < -0.3 is 14.8 Å². The van der Waals surface area contributed by atoms with Crippen LogP contribution in [0, 0.1) is 0 Å². The number of hydrogen-bond donors (Lipinski definition) is 2. The molecule has 0 spiro atoms. The summed E-state index contributed by atoms with van der Waals surface area (Å²) in [5, 5.41) is 12.1. The number of fused-ring (bicyclic) bond motifs is 1. The Morgan fingerprint density at radius 1 is 1.36 bits per heavy atom. The van der Waals surface area contributed by atoms with Crippen LogP contribution in [0.4, 0.5) is 0 Å². The van der Waals surface area contributed by atoms with Gasteiger partial charge in [0.15, 0.2) is 0 Å². The quantitative estimate of drug-likeness (QED) is 0.787. The van der Waals surface area contributed by atoms with Gasteiger partial charge in [-0.3, -0.25) is 4.79 Å². The Hall–Kier alpha value is -2.28. The molecule has 1 aromatic carbocycles. The van der Waals surface area contributed by atoms with Gasteiger partial charge in [-0.05, 0) is 30.6 Å². The van der Waals surface area contributed by atoms with E-state index in [-0.39, 0.29) is 12.0 Å². The SMILES string of the molecule is CSCCC(NC(=O)c1cc2ccccc2oc1=O)C(=O)O. The number of rotatable bonds is 6. The predicted octanol–water partition coefficient (Wildman–Crippen LogP) is 1.73. The minimum absolute atomic E-state index is 0.200. The van der Waals surface area contributed by atoms with Crippen LogP contribution in [-0.2, 0) is 4.79 Å². The molecule has 0 saturated heterocycles. The van der Waals surface area contributed by atoms with Crippen LogP contribution < -0.4 is 10.9 Å². The highest BCUT2D eigenvalue weighted by atomic mass is 32.2. The highest BCUT2D eigenvalue weighted by Gasteiger charge is 2.22. The van der Waals surface area contributed by atoms with Crippen molar-refractivity contribution < 1.29 is 19.1 Å². The molecule has 1 atom stereocenters. The van der Waals surface area contributed by atoms with Gasteiger partial charge in [0.25, 0.3) is 5.91 Å². The fourth-order valence-corrected chi connectivity index (χ4v) is 2.42. The Kier molecular flexibility index (Phi) is 5.21. The molecular formula is C15H15NO5S. The average molecular weight is 321 g/mol. The van der Waals surface area contributed by atoms with Crippen molar-refractivity contribution >= 4 is 34.6 Å². The molecular weight excluding hydrogens is 306 g/mol. The fraction of sp³-hybridized carbons (Fsp3) is 0.267. The van der Waals surface area contributed by atoms with Gasteiger partial charge in [-0.2, -0.15) is 11.8 Å². The van der Waals surface area contributed by atoms with Gasteiger partial charge in [0.2, 0.25) is 0 Å². The molecule has 0 bridgehead atoms. The first-order valence-corrected chi connectivity index (χ1v) is 7.98. The third kappa shape index (κ3) is 3.67. The second-order valence-corrected chi connectivity index (χ2v) is 5.62. The van der Waals surface area contributed by atoms with Crippen molar-refractivity contribution in [1.29, 1.82) is 0 Å². The molecule has 7 heteroatoms. The fourth-order valence-electron chi connectivity index (χ4n) is 1.95. The summed E-state index contributed by atoms with van der Waals surface area (Å²) in [6, 6.07) is 7.17. The van der Waals surface area contributed by atoms with E-state index in [1.807, 2.05) is 6.26 Å². The monoisotopic (exact) mass is 321 g/mol. The Balaban J connectivity index is 2.26. The molecule has 1 unspecified atom stereocenters. The van der Waals surface area contributed by atoms with Crippen molar-refractivity contribution in [1.82, 2.24) is 5.32 Å². The number of thioether (sulfide) groups is 1. The molecule has 0 radical (unpaired) electrons. The molecule has 2 aromatic rings. The van der Waals surface area contributed by atoms with Crippen LogP contribution in [0.25, 0.3) is 11.0 Å². The number of aliphatic carboxylic acids is 1. The first-order chi connectivity index (χ1) is 10.5. The molecule has 6 nitrogen and oxygen atoms in total. The van der Waals surface area contributed by atoms with E-state index in [0.717, 1.165) is 0 Å². The van der Waals surface area contributed by atoms with E-state index in [4.69, 9.17) is 9.52 Å². The maximum Gasteiger partial charge on any atom is 0.349 e. The lowest BCUT2D eigenvalue weighted by Gasteiger charge is -2.13. The highest BCUT2D eigenvalue weighted by molar-refractivity contribution is 7.98. The van der Waals surface area contributed by atoms with Gasteiger partial charge >= 0.3 is 11.6 Å². The van der Waals surface area contributed by atoms with Crippen molar-refractivity contribution in [2.75, 3.05) is 12.0 Å². The number of para-hydroxylation sites is 1. The number of carbonyl (C=O) groups excluding carboxylic acids is 1. The third-order valence-electron chi connectivity index (χ3n) is 3.10. The van der Waals surface area contributed by atoms with E-state index in [9.17, 15) is 14.4 Å². The lowest BCUT2D eigenvalue weighted by Crippen LogP contribution is -2.42. The van der Waals surface area contributed by atoms with Crippen LogP contribution in [-0.4, -0.2) is 35.0 Å². The summed E-state index contributed by atoms with van der Waals surface area (Å²) < 4.78 is 5.07. The van der Waals surface area contributed by atoms with Gasteiger partial charge in [-0.15, -0.1) is 0 Å². The lowest BCUT2D eigenvalue weighted by molar-refractivity contribution is -0.139. The van der Waals surface area contributed by atoms with Crippen LogP contribution in [0.1, 0.15) is 16.8 Å². The third-order valence-corrected chi connectivity index (χ3v) is 3.74. The van der Waals surface area contributed by atoms with Gasteiger partial charge in [0.1, 0.15) is 17.2 Å². The molecule has 0 aliphatic carbocycles. The summed E-state index contributed by atoms with van der Waals surface area (Å²) in [5.41, 5.74) is -0.611. The molecule has 2 N–H and O–H groups in total. The number of benzene rings is 1. The van der Waals surface area contributed by atoms with Crippen LogP contribution in [0.3, 0.4) is 0 Å². The first-order valence-electron chi connectivity index (χ1n) is 6.58. The van der Waals surface area contributed by atoms with E-state index in [1.165, 1.54) is 17.8 Å². The Bertz CT molecular complexity index is 755. The molecule has 22 heavy (non-hydrogen) atoms. The first kappa shape index (κ1) is 16.1. The van der Waals surface area contributed by atoms with Crippen LogP contribution in [0.15, 0.2) is 39.5 Å². The summed E-state index contributed by atoms with van der Waals surface area (Å²) in [6.07, 6.45) is 2.12. The number of carbonyl (C=O) groups is 2. The van der Waals surface area contributed by atoms with Gasteiger partial charge in [-0.25, -0.2) is 9.59 Å². The molecule has 0 aliphatic rings. The van der Waals surface area contributed by atoms with Crippen molar-refractivity contribution in [3.05, 3.63) is 46.3 Å². The standard InChI is InChI=1S/C15H15NO5S/c1-22-7-6-11(14(18)19)16-13(17)10-8-9-4-2-3-5-12(9)21-15(10)20/h2-5,8,11H,6-7H2,1H3,(H,16,17)(H,18,19). The number of carboxylic acid groups (broad SMARTS) is 1. The van der Waals surface area contributed by atoms with E-state index >= 15 is 0 Å². The Morgan fingerprint density at radius 3 is 2.77 bits per heavy atom. The second kappa shape index (κ2) is 7.13. The van der Waals surface area contributed by atoms with Crippen molar-refractivity contribution in [3.8, 4) is 0 Å². The summed E-state index contributed by atoms with van der Waals surface area (Å²) in [7, 11) is 0. The maximum atomic E-state index is 12.1. The highest BCUT2D eigenvalue weighted by Crippen LogP contribution is 2.12. The summed E-state index contributed by atoms with van der Waals surface area (Å²) in [4.78, 5) is 35.2. The van der Waals surface area contributed by atoms with Crippen LogP contribution >= 0.6 is 11.8 Å². The van der Waals surface area contributed by atoms with E-state index < -0.39 is 23.5 Å². The zero-order chi connectivity index (χ0) is 16.1. The van der Waals surface area contributed by atoms with E-state index in [0.29, 0.717) is 16.7 Å². The van der Waals surface area contributed by atoms with Gasteiger partial charge in [0.05, 0.1) is 0 Å². The topological polar surface area (TPSA) is 96.6 Å². The number of nitrogens with one attached hydrogen (secondary N) is 1. The zero-order valence-electron chi connectivity index (χ0n) is 11.9. The van der Waals surface area contributed by atoms with Crippen LogP contribution in [0.5, 0.6) is 0 Å². The summed E-state index contributed by atoms with van der Waals surface area (Å²) in [6.45, 7) is 0. The molecule has 0 fully saturated rings. The van der Waals surface area contributed by atoms with E-state index in [1.54, 1.807) is 24.3 Å². The zero-order valence-corrected chi connectivity index (χ0v) is 12.7. The predicted molar refractivity (Wildman–Crippen MR) is 84.4 cm³/mol. The molecule has 2 rings (SSSR count). The average Bonchev–Trinajstić information content (AvgIpc) is 2.50. The van der Waals surface area contributed by atoms with Crippen LogP contribution in [0.2, 0.25) is 0 Å². The normalized spacial score (nSPS) is 12.0. The van der Waals surface area contributed by atoms with Gasteiger partial charge in [0, 0.05) is 5.39 Å². The molecule has 116 valence electrons. The molecule has 0 aliphatic heterocycles. The smallest absolute Gasteiger partial charge is 0.349 e. The number of hydrogen-bond acceptors (Lipinski definition) is 5. The molecule has 1 heterocycles. The minimum Gasteiger partial charge on any atom is -0.480 e. The Labute approximate surface area is 130 Å². The summed E-state index contributed by atoms with van der Waals surface area (Å²) >= 11 is 1.48. The van der Waals surface area contributed by atoms with Crippen molar-refractivity contribution in [2.24, 2.45) is 0 Å². The van der Waals surface area contributed by atoms with E-state index in [2.05, 4.69) is 5.32 Å². The second-order valence-electron chi connectivity index (χ2n) is 4.63. The number of amides is 1. The van der Waals surface area contributed by atoms with Crippen molar-refractivity contribution in [2.45, 2.75) is 12.5 Å². The van der Waals surface area contributed by atoms with Gasteiger partial charge in [-0.1, -0.05) is 18.2 Å². The lowest BCUT2D eigenvalue weighted by atomic mass is 10.1. The molecule has 0 saturated carbocycles. The largest absolute Gasteiger partial charge is 0.480 e.